The topological polar surface area (TPSA) is 36.4 Å². The molecule has 0 bridgehead atoms. The van der Waals surface area contributed by atoms with Crippen molar-refractivity contribution in [2.45, 2.75) is 26.4 Å². The Morgan fingerprint density at radius 3 is 2.74 bits per heavy atom. The van der Waals surface area contributed by atoms with Crippen molar-refractivity contribution >= 4 is 16.6 Å². The van der Waals surface area contributed by atoms with Crippen LogP contribution in [0.4, 0.5) is 5.69 Å². The predicted molar refractivity (Wildman–Crippen MR) is 78.3 cm³/mol. The van der Waals surface area contributed by atoms with Crippen LogP contribution in [0.2, 0.25) is 0 Å². The van der Waals surface area contributed by atoms with Crippen molar-refractivity contribution in [1.82, 2.24) is 4.98 Å². The first-order valence-corrected chi connectivity index (χ1v) is 7.02. The normalized spacial score (nSPS) is 17.1. The Bertz CT molecular complexity index is 574. The number of rotatable bonds is 2. The van der Waals surface area contributed by atoms with E-state index in [4.69, 9.17) is 0 Å². The summed E-state index contributed by atoms with van der Waals surface area (Å²) in [5.74, 6) is 0.821. The second-order valence-electron chi connectivity index (χ2n) is 5.48. The van der Waals surface area contributed by atoms with Gasteiger partial charge in [0.25, 0.3) is 0 Å². The molecular formula is C16H20N2O. The van der Waals surface area contributed by atoms with Crippen LogP contribution in [0.1, 0.15) is 25.5 Å². The molecule has 19 heavy (non-hydrogen) atoms. The van der Waals surface area contributed by atoms with Gasteiger partial charge in [-0.3, -0.25) is 4.98 Å². The fourth-order valence-electron chi connectivity index (χ4n) is 2.80. The van der Waals surface area contributed by atoms with Crippen molar-refractivity contribution in [3.63, 3.8) is 0 Å². The zero-order valence-corrected chi connectivity index (χ0v) is 11.3. The Hall–Kier alpha value is -1.61. The second kappa shape index (κ2) is 5.17. The van der Waals surface area contributed by atoms with Gasteiger partial charge in [-0.2, -0.15) is 0 Å². The van der Waals surface area contributed by atoms with Crippen LogP contribution in [0, 0.1) is 5.92 Å². The molecule has 0 spiro atoms. The molecule has 3 heteroatoms. The fourth-order valence-corrected chi connectivity index (χ4v) is 2.80. The number of fused-ring (bicyclic) bond motifs is 1. The summed E-state index contributed by atoms with van der Waals surface area (Å²) in [5, 5.41) is 10.6. The summed E-state index contributed by atoms with van der Waals surface area (Å²) < 4.78 is 0. The van der Waals surface area contributed by atoms with Crippen LogP contribution in [-0.4, -0.2) is 23.2 Å². The van der Waals surface area contributed by atoms with Gasteiger partial charge in [0.2, 0.25) is 0 Å². The van der Waals surface area contributed by atoms with E-state index in [9.17, 15) is 5.11 Å². The number of piperidine rings is 1. The standard InChI is InChI=1S/C16H20N2O/c1-12-6-8-18(9-7-12)16-10-13(11-19)17-15-5-3-2-4-14(15)16/h2-5,10,12,19H,6-9,11H2,1H3. The molecule has 1 aliphatic rings. The Morgan fingerprint density at radius 1 is 1.26 bits per heavy atom. The molecule has 1 fully saturated rings. The number of nitrogens with zero attached hydrogens (tertiary/aromatic N) is 2. The Morgan fingerprint density at radius 2 is 2.00 bits per heavy atom. The molecule has 0 unspecified atom stereocenters. The molecule has 1 aromatic carbocycles. The lowest BCUT2D eigenvalue weighted by atomic mass is 9.98. The molecule has 0 aliphatic carbocycles. The zero-order valence-electron chi connectivity index (χ0n) is 11.3. The fraction of sp³-hybridized carbons (Fsp3) is 0.438. The molecule has 1 N–H and O–H groups in total. The lowest BCUT2D eigenvalue weighted by molar-refractivity contribution is 0.277. The van der Waals surface area contributed by atoms with Crippen molar-refractivity contribution in [2.75, 3.05) is 18.0 Å². The van der Waals surface area contributed by atoms with Crippen LogP contribution in [0.5, 0.6) is 0 Å². The number of hydrogen-bond acceptors (Lipinski definition) is 3. The Balaban J connectivity index is 2.05. The van der Waals surface area contributed by atoms with Gasteiger partial charge in [-0.25, -0.2) is 0 Å². The molecule has 2 heterocycles. The monoisotopic (exact) mass is 256 g/mol. The molecule has 100 valence electrons. The summed E-state index contributed by atoms with van der Waals surface area (Å²) in [4.78, 5) is 6.92. The van der Waals surface area contributed by atoms with Crippen LogP contribution >= 0.6 is 0 Å². The third-order valence-electron chi connectivity index (χ3n) is 4.03. The maximum absolute atomic E-state index is 9.38. The molecular weight excluding hydrogens is 236 g/mol. The number of aliphatic hydroxyl groups excluding tert-OH is 1. The first-order chi connectivity index (χ1) is 9.28. The first-order valence-electron chi connectivity index (χ1n) is 7.02. The van der Waals surface area contributed by atoms with E-state index in [0.717, 1.165) is 30.2 Å². The highest BCUT2D eigenvalue weighted by atomic mass is 16.3. The summed E-state index contributed by atoms with van der Waals surface area (Å²) in [6, 6.07) is 10.2. The SMILES string of the molecule is CC1CCN(c2cc(CO)nc3ccccc23)CC1. The van der Waals surface area contributed by atoms with E-state index in [1.165, 1.54) is 23.9 Å². The zero-order chi connectivity index (χ0) is 13.2. The molecule has 1 saturated heterocycles. The maximum atomic E-state index is 9.38. The minimum absolute atomic E-state index is 0.00206. The van der Waals surface area contributed by atoms with Gasteiger partial charge in [-0.15, -0.1) is 0 Å². The van der Waals surface area contributed by atoms with Crippen molar-refractivity contribution in [3.8, 4) is 0 Å². The molecule has 1 aromatic heterocycles. The Labute approximate surface area is 113 Å². The number of pyridine rings is 1. The van der Waals surface area contributed by atoms with Gasteiger partial charge in [0.1, 0.15) is 0 Å². The number of benzene rings is 1. The van der Waals surface area contributed by atoms with E-state index < -0.39 is 0 Å². The molecule has 2 aromatic rings. The van der Waals surface area contributed by atoms with Crippen molar-refractivity contribution < 1.29 is 5.11 Å². The van der Waals surface area contributed by atoms with Crippen molar-refractivity contribution in [3.05, 3.63) is 36.0 Å². The molecule has 1 aliphatic heterocycles. The second-order valence-corrected chi connectivity index (χ2v) is 5.48. The summed E-state index contributed by atoms with van der Waals surface area (Å²) in [7, 11) is 0. The van der Waals surface area contributed by atoms with Gasteiger partial charge in [0.05, 0.1) is 17.8 Å². The average molecular weight is 256 g/mol. The molecule has 0 atom stereocenters. The number of aromatic nitrogens is 1. The van der Waals surface area contributed by atoms with Crippen LogP contribution in [0.15, 0.2) is 30.3 Å². The highest BCUT2D eigenvalue weighted by molar-refractivity contribution is 5.92. The van der Waals surface area contributed by atoms with Gasteiger partial charge >= 0.3 is 0 Å². The summed E-state index contributed by atoms with van der Waals surface area (Å²) in [6.07, 6.45) is 2.48. The third-order valence-corrected chi connectivity index (χ3v) is 4.03. The molecule has 0 amide bonds. The van der Waals surface area contributed by atoms with Crippen LogP contribution in [-0.2, 0) is 6.61 Å². The van der Waals surface area contributed by atoms with Gasteiger partial charge in [-0.05, 0) is 30.9 Å². The van der Waals surface area contributed by atoms with Gasteiger partial charge in [-0.1, -0.05) is 25.1 Å². The largest absolute Gasteiger partial charge is 0.390 e. The molecule has 0 radical (unpaired) electrons. The van der Waals surface area contributed by atoms with Gasteiger partial charge in [0, 0.05) is 24.2 Å². The molecule has 3 nitrogen and oxygen atoms in total. The quantitative estimate of drug-likeness (QED) is 0.897. The van der Waals surface area contributed by atoms with Crippen molar-refractivity contribution in [2.24, 2.45) is 5.92 Å². The predicted octanol–water partition coefficient (Wildman–Crippen LogP) is 2.96. The highest BCUT2D eigenvalue weighted by Crippen LogP contribution is 2.30. The highest BCUT2D eigenvalue weighted by Gasteiger charge is 2.18. The van der Waals surface area contributed by atoms with Crippen molar-refractivity contribution in [1.29, 1.82) is 0 Å². The van der Waals surface area contributed by atoms with E-state index in [2.05, 4.69) is 28.9 Å². The van der Waals surface area contributed by atoms with Gasteiger partial charge < -0.3 is 10.0 Å². The summed E-state index contributed by atoms with van der Waals surface area (Å²) in [6.45, 7) is 4.52. The summed E-state index contributed by atoms with van der Waals surface area (Å²) in [5.41, 5.74) is 2.96. The smallest absolute Gasteiger partial charge is 0.0854 e. The first kappa shape index (κ1) is 12.4. The summed E-state index contributed by atoms with van der Waals surface area (Å²) >= 11 is 0. The van der Waals surface area contributed by atoms with E-state index >= 15 is 0 Å². The minimum atomic E-state index is 0.00206. The lowest BCUT2D eigenvalue weighted by Gasteiger charge is -2.33. The molecule has 3 rings (SSSR count). The van der Waals surface area contributed by atoms with E-state index in [1.807, 2.05) is 18.2 Å². The van der Waals surface area contributed by atoms with Crippen LogP contribution < -0.4 is 4.90 Å². The lowest BCUT2D eigenvalue weighted by Crippen LogP contribution is -2.33. The number of aliphatic hydroxyl groups is 1. The van der Waals surface area contributed by atoms with E-state index in [1.54, 1.807) is 0 Å². The average Bonchev–Trinajstić information content (AvgIpc) is 2.47. The Kier molecular flexibility index (Phi) is 3.38. The van der Waals surface area contributed by atoms with Crippen LogP contribution in [0.3, 0.4) is 0 Å². The third kappa shape index (κ3) is 2.43. The van der Waals surface area contributed by atoms with Crippen LogP contribution in [0.25, 0.3) is 10.9 Å². The number of para-hydroxylation sites is 1. The van der Waals surface area contributed by atoms with Gasteiger partial charge in [0.15, 0.2) is 0 Å². The minimum Gasteiger partial charge on any atom is -0.390 e. The van der Waals surface area contributed by atoms with E-state index in [0.29, 0.717) is 0 Å². The maximum Gasteiger partial charge on any atom is 0.0854 e. The number of anilines is 1. The molecule has 0 saturated carbocycles. The number of hydrogen-bond donors (Lipinski definition) is 1. The van der Waals surface area contributed by atoms with E-state index in [-0.39, 0.29) is 6.61 Å².